The van der Waals surface area contributed by atoms with Gasteiger partial charge in [0.25, 0.3) is 11.5 Å². The van der Waals surface area contributed by atoms with Crippen molar-refractivity contribution in [2.24, 2.45) is 0 Å². The smallest absolute Gasteiger partial charge is 0.324 e. The summed E-state index contributed by atoms with van der Waals surface area (Å²) in [6.45, 7) is 0.604. The number of hydrogen-bond donors (Lipinski definition) is 1. The summed E-state index contributed by atoms with van der Waals surface area (Å²) >= 11 is 1.37. The second-order valence-corrected chi connectivity index (χ2v) is 4.99. The predicted molar refractivity (Wildman–Crippen MR) is 69.0 cm³/mol. The van der Waals surface area contributed by atoms with Crippen LogP contribution in [0.25, 0.3) is 10.2 Å². The highest BCUT2D eigenvalue weighted by molar-refractivity contribution is 7.16. The Morgan fingerprint density at radius 1 is 1.47 bits per heavy atom. The zero-order valence-electron chi connectivity index (χ0n) is 9.83. The average Bonchev–Trinajstić information content (AvgIpc) is 3.01. The van der Waals surface area contributed by atoms with Gasteiger partial charge in [0.2, 0.25) is 0 Å². The van der Waals surface area contributed by atoms with Gasteiger partial charge in [0.15, 0.2) is 0 Å². The van der Waals surface area contributed by atoms with Gasteiger partial charge >= 0.3 is 6.03 Å². The lowest BCUT2D eigenvalue weighted by atomic mass is 10.4. The summed E-state index contributed by atoms with van der Waals surface area (Å²) < 4.78 is 1.23. The van der Waals surface area contributed by atoms with E-state index in [1.165, 1.54) is 22.2 Å². The molecule has 7 nitrogen and oxygen atoms in total. The van der Waals surface area contributed by atoms with Gasteiger partial charge in [-0.25, -0.2) is 9.78 Å². The lowest BCUT2D eigenvalue weighted by Gasteiger charge is -2.12. The Kier molecular flexibility index (Phi) is 2.79. The SMILES string of the molecule is O=C(Cn1cnc2sccc2c1=O)N1CCNC1=O. The first-order valence-corrected chi connectivity index (χ1v) is 6.55. The number of hydrogen-bond acceptors (Lipinski definition) is 5. The zero-order valence-corrected chi connectivity index (χ0v) is 10.6. The maximum Gasteiger partial charge on any atom is 0.324 e. The normalized spacial score (nSPS) is 14.9. The first kappa shape index (κ1) is 11.8. The molecule has 0 radical (unpaired) electrons. The quantitative estimate of drug-likeness (QED) is 0.838. The first-order chi connectivity index (χ1) is 9.16. The molecule has 1 aliphatic rings. The lowest BCUT2D eigenvalue weighted by Crippen LogP contribution is -2.38. The van der Waals surface area contributed by atoms with Crippen molar-refractivity contribution in [1.82, 2.24) is 19.8 Å². The highest BCUT2D eigenvalue weighted by atomic mass is 32.1. The van der Waals surface area contributed by atoms with E-state index >= 15 is 0 Å². The minimum absolute atomic E-state index is 0.176. The fourth-order valence-corrected chi connectivity index (χ4v) is 2.67. The summed E-state index contributed by atoms with van der Waals surface area (Å²) in [5.74, 6) is -0.409. The number of aromatic nitrogens is 2. The number of urea groups is 1. The molecule has 0 unspecified atom stereocenters. The minimum atomic E-state index is -0.414. The van der Waals surface area contributed by atoms with Crippen LogP contribution in [-0.2, 0) is 11.3 Å². The van der Waals surface area contributed by atoms with Gasteiger partial charge in [-0.2, -0.15) is 0 Å². The van der Waals surface area contributed by atoms with Crippen molar-refractivity contribution in [2.45, 2.75) is 6.54 Å². The van der Waals surface area contributed by atoms with Gasteiger partial charge in [-0.1, -0.05) is 0 Å². The molecule has 19 heavy (non-hydrogen) atoms. The van der Waals surface area contributed by atoms with Crippen molar-refractivity contribution in [3.8, 4) is 0 Å². The Morgan fingerprint density at radius 2 is 2.32 bits per heavy atom. The molecule has 3 rings (SSSR count). The van der Waals surface area contributed by atoms with Crippen molar-refractivity contribution in [2.75, 3.05) is 13.1 Å². The van der Waals surface area contributed by atoms with E-state index in [1.54, 1.807) is 11.4 Å². The van der Waals surface area contributed by atoms with Crippen LogP contribution >= 0.6 is 11.3 Å². The molecule has 1 fully saturated rings. The highest BCUT2D eigenvalue weighted by Gasteiger charge is 2.26. The van der Waals surface area contributed by atoms with Crippen LogP contribution in [0.15, 0.2) is 22.6 Å². The molecule has 98 valence electrons. The van der Waals surface area contributed by atoms with Gasteiger partial charge in [-0.3, -0.25) is 19.1 Å². The van der Waals surface area contributed by atoms with Crippen molar-refractivity contribution >= 4 is 33.5 Å². The van der Waals surface area contributed by atoms with E-state index in [2.05, 4.69) is 10.3 Å². The van der Waals surface area contributed by atoms with Crippen molar-refractivity contribution in [3.63, 3.8) is 0 Å². The second-order valence-electron chi connectivity index (χ2n) is 4.09. The van der Waals surface area contributed by atoms with E-state index in [9.17, 15) is 14.4 Å². The molecule has 0 spiro atoms. The van der Waals surface area contributed by atoms with E-state index in [0.717, 1.165) is 4.90 Å². The Hall–Kier alpha value is -2.22. The third kappa shape index (κ3) is 1.99. The number of nitrogens with one attached hydrogen (secondary N) is 1. The molecule has 2 aromatic heterocycles. The molecule has 0 aliphatic carbocycles. The van der Waals surface area contributed by atoms with Crippen LogP contribution in [-0.4, -0.2) is 39.5 Å². The number of imide groups is 1. The molecule has 8 heteroatoms. The van der Waals surface area contributed by atoms with Gasteiger partial charge in [-0.05, 0) is 11.4 Å². The van der Waals surface area contributed by atoms with Gasteiger partial charge in [-0.15, -0.1) is 11.3 Å². The van der Waals surface area contributed by atoms with E-state index in [0.29, 0.717) is 23.3 Å². The van der Waals surface area contributed by atoms with Crippen molar-refractivity contribution < 1.29 is 9.59 Å². The van der Waals surface area contributed by atoms with Crippen LogP contribution in [0.4, 0.5) is 4.79 Å². The highest BCUT2D eigenvalue weighted by Crippen LogP contribution is 2.13. The van der Waals surface area contributed by atoms with Gasteiger partial charge in [0.1, 0.15) is 11.4 Å². The largest absolute Gasteiger partial charge is 0.336 e. The third-order valence-corrected chi connectivity index (χ3v) is 3.73. The molecule has 1 aliphatic heterocycles. The van der Waals surface area contributed by atoms with Crippen LogP contribution < -0.4 is 10.9 Å². The number of rotatable bonds is 2. The number of thiophene rings is 1. The van der Waals surface area contributed by atoms with Crippen molar-refractivity contribution in [1.29, 1.82) is 0 Å². The molecule has 0 aromatic carbocycles. The first-order valence-electron chi connectivity index (χ1n) is 5.67. The molecule has 0 saturated carbocycles. The topological polar surface area (TPSA) is 84.3 Å². The van der Waals surface area contributed by atoms with Gasteiger partial charge in [0, 0.05) is 13.1 Å². The molecule has 1 saturated heterocycles. The number of carbonyl (C=O) groups excluding carboxylic acids is 2. The molecular weight excluding hydrogens is 268 g/mol. The molecule has 1 N–H and O–H groups in total. The predicted octanol–water partition coefficient (Wildman–Crippen LogP) is 0.00980. The van der Waals surface area contributed by atoms with Gasteiger partial charge in [0.05, 0.1) is 11.7 Å². The van der Waals surface area contributed by atoms with Crippen LogP contribution in [0.5, 0.6) is 0 Å². The van der Waals surface area contributed by atoms with E-state index in [-0.39, 0.29) is 12.1 Å². The molecule has 3 heterocycles. The summed E-state index contributed by atoms with van der Waals surface area (Å²) in [5.41, 5.74) is -0.265. The van der Waals surface area contributed by atoms with Crippen LogP contribution in [0.2, 0.25) is 0 Å². The zero-order chi connectivity index (χ0) is 13.4. The number of amides is 3. The number of carbonyl (C=O) groups is 2. The second kappa shape index (κ2) is 4.47. The molecule has 3 amide bonds. The summed E-state index contributed by atoms with van der Waals surface area (Å²) in [4.78, 5) is 41.2. The van der Waals surface area contributed by atoms with Crippen molar-refractivity contribution in [3.05, 3.63) is 28.1 Å². The average molecular weight is 278 g/mol. The van der Waals surface area contributed by atoms with E-state index in [4.69, 9.17) is 0 Å². The minimum Gasteiger partial charge on any atom is -0.336 e. The Labute approximate surface area is 111 Å². The number of nitrogens with zero attached hydrogens (tertiary/aromatic N) is 3. The summed E-state index contributed by atoms with van der Waals surface area (Å²) in [6.07, 6.45) is 1.34. The molecular formula is C11H10N4O3S. The van der Waals surface area contributed by atoms with Gasteiger partial charge < -0.3 is 5.32 Å². The monoisotopic (exact) mass is 278 g/mol. The Bertz CT molecular complexity index is 720. The third-order valence-electron chi connectivity index (χ3n) is 2.91. The Morgan fingerprint density at radius 3 is 3.05 bits per heavy atom. The Balaban J connectivity index is 1.89. The summed E-state index contributed by atoms with van der Waals surface area (Å²) in [7, 11) is 0. The maximum absolute atomic E-state index is 12.1. The molecule has 2 aromatic rings. The van der Waals surface area contributed by atoms with Crippen LogP contribution in [0.3, 0.4) is 0 Å². The fourth-order valence-electron chi connectivity index (χ4n) is 1.95. The van der Waals surface area contributed by atoms with Crippen LogP contribution in [0.1, 0.15) is 0 Å². The summed E-state index contributed by atoms with van der Waals surface area (Å²) in [5, 5.41) is 4.81. The van der Waals surface area contributed by atoms with Crippen LogP contribution in [0, 0.1) is 0 Å². The molecule has 0 atom stereocenters. The maximum atomic E-state index is 12.1. The molecule has 0 bridgehead atoms. The van der Waals surface area contributed by atoms with E-state index in [1.807, 2.05) is 0 Å². The number of fused-ring (bicyclic) bond motifs is 1. The standard InChI is InChI=1S/C11H10N4O3S/c16-8(15-3-2-12-11(15)18)5-14-6-13-9-7(10(14)17)1-4-19-9/h1,4,6H,2-3,5H2,(H,12,18). The lowest BCUT2D eigenvalue weighted by molar-refractivity contribution is -0.128. The summed E-state index contributed by atoms with van der Waals surface area (Å²) in [6, 6.07) is 1.27. The van der Waals surface area contributed by atoms with E-state index < -0.39 is 11.9 Å². The fraction of sp³-hybridized carbons (Fsp3) is 0.273.